The molecule has 0 aromatic rings. The van der Waals surface area contributed by atoms with E-state index in [9.17, 15) is 19.5 Å². The SMILES string of the molecule is CC/C=C\C/C=C\C/C=C\C/C=C\CCC(=O)OC(COC(=O)CCCCCCCCCCCCCCCCCCCC/C=C\C/C=C\C/C=C\CCCCCCC)COC(OCC[N+](C)(C)C)C(=O)[O-]. The molecule has 2 atom stereocenters. The normalized spacial score (nSPS) is 13.4. The van der Waals surface area contributed by atoms with Crippen LogP contribution in [-0.2, 0) is 33.3 Å². The number of carbonyl (C=O) groups is 3. The third-order valence-electron chi connectivity index (χ3n) is 12.1. The van der Waals surface area contributed by atoms with Crippen molar-refractivity contribution in [3.8, 4) is 0 Å². The number of esters is 2. The Morgan fingerprint density at radius 2 is 0.831 bits per heavy atom. The molecule has 0 saturated carbocycles. The fourth-order valence-electron chi connectivity index (χ4n) is 7.73. The number of unbranched alkanes of at least 4 members (excludes halogenated alkanes) is 23. The summed E-state index contributed by atoms with van der Waals surface area (Å²) >= 11 is 0. The second kappa shape index (κ2) is 52.8. The minimum absolute atomic E-state index is 0.124. The first kappa shape index (κ1) is 67.5. The Bertz CT molecular complexity index is 1440. The van der Waals surface area contributed by atoms with E-state index >= 15 is 0 Å². The Morgan fingerprint density at radius 3 is 1.25 bits per heavy atom. The zero-order chi connectivity index (χ0) is 52.0. The number of carbonyl (C=O) groups excluding carboxylic acids is 3. The standard InChI is InChI=1S/C62H107NO8/c1-6-8-10-12-14-16-18-20-21-22-23-24-25-26-27-28-29-30-31-32-33-34-35-36-37-38-39-41-42-44-46-48-50-52-59(64)69-56-58(57-70-62(61(66)67)68-55-54-63(3,4)5)71-60(65)53-51-49-47-45-43-40-19-17-15-13-11-9-7-2/h9,11,15,17-18,20,22-23,25-26,40,43,47,49,58,62H,6-8,10,12-14,16,19,21,24,27-39,41-42,44-46,48,50-57H2,1-5H3/b11-9-,17-15-,20-18-,23-22-,26-25-,43-40-,49-47-. The molecule has 9 heteroatoms. The second-order valence-electron chi connectivity index (χ2n) is 20.2. The number of ether oxygens (including phenoxy) is 4. The molecule has 71 heavy (non-hydrogen) atoms. The summed E-state index contributed by atoms with van der Waals surface area (Å²) in [6.45, 7) is 4.53. The molecule has 0 radical (unpaired) electrons. The van der Waals surface area contributed by atoms with Crippen LogP contribution in [-0.4, -0.2) is 82.3 Å². The maximum atomic E-state index is 12.7. The topological polar surface area (TPSA) is 111 Å². The van der Waals surface area contributed by atoms with Crippen LogP contribution in [0.1, 0.15) is 232 Å². The number of aliphatic carboxylic acids is 1. The highest BCUT2D eigenvalue weighted by molar-refractivity contribution is 5.70. The molecular weight excluding hydrogens is 887 g/mol. The van der Waals surface area contributed by atoms with Gasteiger partial charge in [0.05, 0.1) is 40.3 Å². The van der Waals surface area contributed by atoms with Gasteiger partial charge < -0.3 is 33.3 Å². The van der Waals surface area contributed by atoms with E-state index < -0.39 is 24.3 Å². The molecule has 0 saturated heterocycles. The van der Waals surface area contributed by atoms with Crippen LogP contribution in [0.3, 0.4) is 0 Å². The highest BCUT2D eigenvalue weighted by atomic mass is 16.7. The van der Waals surface area contributed by atoms with Gasteiger partial charge in [0.25, 0.3) is 0 Å². The van der Waals surface area contributed by atoms with Crippen molar-refractivity contribution in [2.45, 2.75) is 245 Å². The largest absolute Gasteiger partial charge is 0.545 e. The van der Waals surface area contributed by atoms with Crippen LogP contribution in [0.25, 0.3) is 0 Å². The molecule has 0 aliphatic rings. The molecule has 0 rings (SSSR count). The number of allylic oxidation sites excluding steroid dienone is 14. The van der Waals surface area contributed by atoms with Gasteiger partial charge in [-0.1, -0.05) is 227 Å². The summed E-state index contributed by atoms with van der Waals surface area (Å²) in [7, 11) is 5.89. The van der Waals surface area contributed by atoms with E-state index in [1.807, 2.05) is 33.3 Å². The summed E-state index contributed by atoms with van der Waals surface area (Å²) in [6.07, 6.45) is 66.8. The Morgan fingerprint density at radius 1 is 0.437 bits per heavy atom. The Kier molecular flexibility index (Phi) is 50.2. The molecule has 0 N–H and O–H groups in total. The average Bonchev–Trinajstić information content (AvgIpc) is 3.34. The van der Waals surface area contributed by atoms with Crippen LogP contribution < -0.4 is 5.11 Å². The summed E-state index contributed by atoms with van der Waals surface area (Å²) < 4.78 is 22.5. The van der Waals surface area contributed by atoms with E-state index in [0.717, 1.165) is 57.8 Å². The number of hydrogen-bond donors (Lipinski definition) is 0. The van der Waals surface area contributed by atoms with Crippen LogP contribution in [0, 0.1) is 0 Å². The lowest BCUT2D eigenvalue weighted by atomic mass is 10.0. The molecule has 408 valence electrons. The van der Waals surface area contributed by atoms with E-state index in [1.54, 1.807) is 0 Å². The van der Waals surface area contributed by atoms with Crippen molar-refractivity contribution in [1.82, 2.24) is 0 Å². The number of carboxylic acid groups (broad SMARTS) is 1. The lowest BCUT2D eigenvalue weighted by Crippen LogP contribution is -2.44. The molecule has 0 heterocycles. The number of quaternary nitrogens is 1. The third kappa shape index (κ3) is 54.1. The van der Waals surface area contributed by atoms with Crippen molar-refractivity contribution < 1.29 is 42.9 Å². The maximum Gasteiger partial charge on any atom is 0.306 e. The number of hydrogen-bond acceptors (Lipinski definition) is 8. The van der Waals surface area contributed by atoms with Crippen LogP contribution in [0.2, 0.25) is 0 Å². The van der Waals surface area contributed by atoms with Crippen molar-refractivity contribution in [1.29, 1.82) is 0 Å². The summed E-state index contributed by atoms with van der Waals surface area (Å²) in [4.78, 5) is 37.1. The molecule has 9 nitrogen and oxygen atoms in total. The maximum absolute atomic E-state index is 12.7. The number of rotatable bonds is 52. The van der Waals surface area contributed by atoms with Crippen molar-refractivity contribution >= 4 is 17.9 Å². The highest BCUT2D eigenvalue weighted by Gasteiger charge is 2.21. The quantitative estimate of drug-likeness (QED) is 0.0195. The van der Waals surface area contributed by atoms with Gasteiger partial charge in [-0.15, -0.1) is 0 Å². The molecule has 0 aromatic heterocycles. The van der Waals surface area contributed by atoms with Crippen LogP contribution in [0.4, 0.5) is 0 Å². The van der Waals surface area contributed by atoms with E-state index in [2.05, 4.69) is 86.8 Å². The van der Waals surface area contributed by atoms with Crippen molar-refractivity contribution in [2.24, 2.45) is 0 Å². The van der Waals surface area contributed by atoms with E-state index in [-0.39, 0.29) is 38.6 Å². The lowest BCUT2D eigenvalue weighted by Gasteiger charge is -2.26. The second-order valence-corrected chi connectivity index (χ2v) is 20.2. The molecule has 0 spiro atoms. The fourth-order valence-corrected chi connectivity index (χ4v) is 7.73. The molecule has 0 amide bonds. The van der Waals surface area contributed by atoms with Crippen molar-refractivity contribution in [2.75, 3.05) is 47.5 Å². The van der Waals surface area contributed by atoms with Crippen LogP contribution in [0.5, 0.6) is 0 Å². The Labute approximate surface area is 436 Å². The van der Waals surface area contributed by atoms with Gasteiger partial charge >= 0.3 is 11.9 Å². The van der Waals surface area contributed by atoms with Gasteiger partial charge in [0.2, 0.25) is 0 Å². The van der Waals surface area contributed by atoms with Gasteiger partial charge in [-0.05, 0) is 77.0 Å². The summed E-state index contributed by atoms with van der Waals surface area (Å²) in [5.74, 6) is -2.39. The summed E-state index contributed by atoms with van der Waals surface area (Å²) in [5.41, 5.74) is 0. The summed E-state index contributed by atoms with van der Waals surface area (Å²) in [5, 5.41) is 11.7. The zero-order valence-corrected chi connectivity index (χ0v) is 46.3. The van der Waals surface area contributed by atoms with Gasteiger partial charge in [-0.3, -0.25) is 9.59 Å². The van der Waals surface area contributed by atoms with Gasteiger partial charge in [0, 0.05) is 12.8 Å². The van der Waals surface area contributed by atoms with Crippen LogP contribution >= 0.6 is 0 Å². The molecule has 0 aliphatic heterocycles. The van der Waals surface area contributed by atoms with Gasteiger partial charge in [0.15, 0.2) is 12.4 Å². The summed E-state index contributed by atoms with van der Waals surface area (Å²) in [6, 6.07) is 0. The minimum atomic E-state index is -1.64. The third-order valence-corrected chi connectivity index (χ3v) is 12.1. The molecule has 0 aliphatic carbocycles. The van der Waals surface area contributed by atoms with Gasteiger partial charge in [0.1, 0.15) is 13.2 Å². The van der Waals surface area contributed by atoms with Crippen LogP contribution in [0.15, 0.2) is 85.1 Å². The Hall–Kier alpha value is -3.53. The zero-order valence-electron chi connectivity index (χ0n) is 46.3. The Balaban J connectivity index is 4.10. The van der Waals surface area contributed by atoms with Crippen molar-refractivity contribution in [3.63, 3.8) is 0 Å². The number of nitrogens with zero attached hydrogens (tertiary/aromatic N) is 1. The van der Waals surface area contributed by atoms with Crippen molar-refractivity contribution in [3.05, 3.63) is 85.1 Å². The smallest absolute Gasteiger partial charge is 0.306 e. The molecule has 0 bridgehead atoms. The van der Waals surface area contributed by atoms with Gasteiger partial charge in [-0.25, -0.2) is 0 Å². The monoisotopic (exact) mass is 994 g/mol. The molecule has 2 unspecified atom stereocenters. The minimum Gasteiger partial charge on any atom is -0.545 e. The predicted molar refractivity (Wildman–Crippen MR) is 297 cm³/mol. The predicted octanol–water partition coefficient (Wildman–Crippen LogP) is 15.5. The average molecular weight is 995 g/mol. The number of carboxylic acids is 1. The van der Waals surface area contributed by atoms with Gasteiger partial charge in [-0.2, -0.15) is 0 Å². The van der Waals surface area contributed by atoms with E-state index in [0.29, 0.717) is 17.4 Å². The number of likely N-dealkylation sites (N-methyl/N-ethyl adjacent to an activating group) is 1. The lowest BCUT2D eigenvalue weighted by molar-refractivity contribution is -0.870. The first-order valence-corrected chi connectivity index (χ1v) is 28.7. The molecular formula is C62H107NO8. The first-order valence-electron chi connectivity index (χ1n) is 28.7. The van der Waals surface area contributed by atoms with E-state index in [4.69, 9.17) is 18.9 Å². The highest BCUT2D eigenvalue weighted by Crippen LogP contribution is 2.16. The molecule has 0 fully saturated rings. The fraction of sp³-hybridized carbons (Fsp3) is 0.726. The van der Waals surface area contributed by atoms with E-state index in [1.165, 1.54) is 141 Å². The first-order chi connectivity index (χ1) is 34.6. The molecule has 0 aromatic carbocycles.